The van der Waals surface area contributed by atoms with Gasteiger partial charge in [0.25, 0.3) is 0 Å². The number of cyclic esters (lactones) is 1. The normalized spacial score (nSPS) is 18.4. The third kappa shape index (κ3) is 3.14. The smallest absolute Gasteiger partial charge is 0.414 e. The zero-order valence-electron chi connectivity index (χ0n) is 10.1. The zero-order chi connectivity index (χ0) is 14.0. The van der Waals surface area contributed by atoms with Crippen molar-refractivity contribution >= 4 is 40.3 Å². The van der Waals surface area contributed by atoms with Crippen LogP contribution in [-0.2, 0) is 14.3 Å². The van der Waals surface area contributed by atoms with Crippen molar-refractivity contribution in [3.63, 3.8) is 0 Å². The summed E-state index contributed by atoms with van der Waals surface area (Å²) in [5.74, 6) is -0.850. The fourth-order valence-electron chi connectivity index (χ4n) is 1.75. The van der Waals surface area contributed by atoms with Crippen LogP contribution in [0.5, 0.6) is 0 Å². The Morgan fingerprint density at radius 1 is 1.63 bits per heavy atom. The van der Waals surface area contributed by atoms with Gasteiger partial charge in [-0.25, -0.2) is 9.18 Å². The highest BCUT2D eigenvalue weighted by molar-refractivity contribution is 14.1. The maximum absolute atomic E-state index is 13.5. The molecule has 1 heterocycles. The molecule has 1 aliphatic rings. The van der Waals surface area contributed by atoms with E-state index in [1.807, 2.05) is 22.6 Å². The number of ether oxygens (including phenoxy) is 2. The van der Waals surface area contributed by atoms with Gasteiger partial charge in [0.05, 0.1) is 5.69 Å². The van der Waals surface area contributed by atoms with Gasteiger partial charge in [0.2, 0.25) is 0 Å². The minimum absolute atomic E-state index is 0.0225. The van der Waals surface area contributed by atoms with Gasteiger partial charge in [-0.1, -0.05) is 0 Å². The second kappa shape index (κ2) is 5.72. The molecule has 19 heavy (non-hydrogen) atoms. The second-order valence-corrected chi connectivity index (χ2v) is 5.16. The fourth-order valence-corrected chi connectivity index (χ4v) is 2.08. The van der Waals surface area contributed by atoms with Crippen LogP contribution in [0, 0.1) is 9.39 Å². The Hall–Kier alpha value is -1.38. The Bertz CT molecular complexity index is 522. The molecule has 0 aromatic heterocycles. The van der Waals surface area contributed by atoms with Crippen LogP contribution >= 0.6 is 22.6 Å². The van der Waals surface area contributed by atoms with E-state index in [1.54, 1.807) is 12.1 Å². The van der Waals surface area contributed by atoms with Gasteiger partial charge in [-0.2, -0.15) is 0 Å². The van der Waals surface area contributed by atoms with E-state index in [1.165, 1.54) is 17.9 Å². The number of benzene rings is 1. The monoisotopic (exact) mass is 379 g/mol. The lowest BCUT2D eigenvalue weighted by molar-refractivity contribution is -0.141. The van der Waals surface area contributed by atoms with Crippen molar-refractivity contribution in [3.05, 3.63) is 27.6 Å². The summed E-state index contributed by atoms with van der Waals surface area (Å²) >= 11 is 1.86. The molecule has 2 rings (SSSR count). The highest BCUT2D eigenvalue weighted by atomic mass is 127. The van der Waals surface area contributed by atoms with E-state index < -0.39 is 23.9 Å². The number of esters is 1. The first-order valence-electron chi connectivity index (χ1n) is 5.53. The number of hydrogen-bond acceptors (Lipinski definition) is 4. The Labute approximate surface area is 122 Å². The molecular weight excluding hydrogens is 368 g/mol. The lowest BCUT2D eigenvalue weighted by Gasteiger charge is -2.21. The lowest BCUT2D eigenvalue weighted by atomic mass is 10.2. The van der Waals surface area contributed by atoms with Crippen molar-refractivity contribution in [2.75, 3.05) is 18.1 Å². The van der Waals surface area contributed by atoms with Crippen LogP contribution in [0.3, 0.4) is 0 Å². The molecule has 0 spiro atoms. The van der Waals surface area contributed by atoms with E-state index in [9.17, 15) is 14.0 Å². The third-order valence-electron chi connectivity index (χ3n) is 2.62. The van der Waals surface area contributed by atoms with Crippen molar-refractivity contribution in [1.82, 2.24) is 0 Å². The molecule has 102 valence electrons. The van der Waals surface area contributed by atoms with Crippen molar-refractivity contribution in [3.8, 4) is 0 Å². The molecule has 0 bridgehead atoms. The van der Waals surface area contributed by atoms with E-state index in [-0.39, 0.29) is 13.2 Å². The molecule has 5 nitrogen and oxygen atoms in total. The molecule has 7 heteroatoms. The first-order valence-corrected chi connectivity index (χ1v) is 6.61. The van der Waals surface area contributed by atoms with E-state index in [0.717, 1.165) is 0 Å². The first-order chi connectivity index (χ1) is 8.99. The van der Waals surface area contributed by atoms with Crippen molar-refractivity contribution in [2.45, 2.75) is 13.0 Å². The molecule has 1 atom stereocenters. The number of carbonyl (C=O) groups is 2. The van der Waals surface area contributed by atoms with E-state index in [4.69, 9.17) is 9.47 Å². The number of nitrogens with zero attached hydrogens (tertiary/aromatic N) is 1. The summed E-state index contributed by atoms with van der Waals surface area (Å²) in [7, 11) is 0. The quantitative estimate of drug-likeness (QED) is 0.598. The topological polar surface area (TPSA) is 55.8 Å². The van der Waals surface area contributed by atoms with Crippen LogP contribution in [0.4, 0.5) is 14.9 Å². The van der Waals surface area contributed by atoms with Gasteiger partial charge in [-0.05, 0) is 40.8 Å². The summed E-state index contributed by atoms with van der Waals surface area (Å²) in [5, 5.41) is 0. The van der Waals surface area contributed by atoms with E-state index >= 15 is 0 Å². The Morgan fingerprint density at radius 2 is 2.37 bits per heavy atom. The number of hydrogen-bond donors (Lipinski definition) is 0. The average molecular weight is 379 g/mol. The number of halogens is 2. The van der Waals surface area contributed by atoms with Crippen molar-refractivity contribution in [1.29, 1.82) is 0 Å². The van der Waals surface area contributed by atoms with E-state index in [2.05, 4.69) is 0 Å². The molecule has 1 aliphatic heterocycles. The maximum Gasteiger partial charge on any atom is 0.414 e. The highest BCUT2D eigenvalue weighted by Crippen LogP contribution is 2.26. The Balaban J connectivity index is 2.20. The van der Waals surface area contributed by atoms with Crippen LogP contribution in [0.15, 0.2) is 18.2 Å². The van der Waals surface area contributed by atoms with Crippen LogP contribution < -0.4 is 4.90 Å². The number of rotatable bonds is 3. The van der Waals surface area contributed by atoms with Gasteiger partial charge in [-0.15, -0.1) is 0 Å². The maximum atomic E-state index is 13.5. The predicted octanol–water partition coefficient (Wildman–Crippen LogP) is 2.32. The highest BCUT2D eigenvalue weighted by Gasteiger charge is 2.35. The molecule has 0 aliphatic carbocycles. The molecule has 1 amide bonds. The van der Waals surface area contributed by atoms with Crippen molar-refractivity contribution in [2.24, 2.45) is 0 Å². The van der Waals surface area contributed by atoms with Crippen LogP contribution in [-0.4, -0.2) is 31.3 Å². The van der Waals surface area contributed by atoms with Gasteiger partial charge in [0.1, 0.15) is 25.1 Å². The number of anilines is 1. The molecule has 1 fully saturated rings. The molecule has 1 aromatic rings. The first kappa shape index (κ1) is 14.0. The van der Waals surface area contributed by atoms with Crippen LogP contribution in [0.1, 0.15) is 6.92 Å². The molecule has 1 saturated heterocycles. The van der Waals surface area contributed by atoms with Gasteiger partial charge in [-0.3, -0.25) is 9.69 Å². The van der Waals surface area contributed by atoms with Gasteiger partial charge >= 0.3 is 12.1 Å². The van der Waals surface area contributed by atoms with E-state index in [0.29, 0.717) is 9.26 Å². The lowest BCUT2D eigenvalue weighted by Crippen LogP contribution is -2.37. The summed E-state index contributed by atoms with van der Waals surface area (Å²) in [5.41, 5.74) is 0.387. The summed E-state index contributed by atoms with van der Waals surface area (Å²) in [4.78, 5) is 23.8. The number of amides is 1. The van der Waals surface area contributed by atoms with Crippen LogP contribution in [0.2, 0.25) is 0 Å². The Kier molecular flexibility index (Phi) is 4.23. The SMILES string of the molecule is CC(=O)OC[C@@H]1COC(=O)N1c1ccc(I)c(F)c1. The summed E-state index contributed by atoms with van der Waals surface area (Å²) in [6.07, 6.45) is -0.572. The van der Waals surface area contributed by atoms with Gasteiger partial charge < -0.3 is 9.47 Å². The molecule has 0 saturated carbocycles. The standard InChI is InChI=1S/C12H11FINO4/c1-7(16)18-5-9-6-19-12(17)15(9)8-2-3-11(14)10(13)4-8/h2-4,9H,5-6H2,1H3/t9-/m1/s1. The van der Waals surface area contributed by atoms with Crippen molar-refractivity contribution < 1.29 is 23.5 Å². The third-order valence-corrected chi connectivity index (χ3v) is 3.50. The molecule has 0 unspecified atom stereocenters. The predicted molar refractivity (Wildman–Crippen MR) is 73.4 cm³/mol. The molecule has 1 aromatic carbocycles. The van der Waals surface area contributed by atoms with Gasteiger partial charge in [0.15, 0.2) is 0 Å². The van der Waals surface area contributed by atoms with Gasteiger partial charge in [0, 0.05) is 10.5 Å². The second-order valence-electron chi connectivity index (χ2n) is 4.00. The summed E-state index contributed by atoms with van der Waals surface area (Å²) in [6, 6.07) is 4.02. The molecule has 0 radical (unpaired) electrons. The largest absolute Gasteiger partial charge is 0.464 e. The summed E-state index contributed by atoms with van der Waals surface area (Å²) < 4.78 is 23.8. The molecule has 0 N–H and O–H groups in total. The van der Waals surface area contributed by atoms with Crippen LogP contribution in [0.25, 0.3) is 0 Å². The minimum Gasteiger partial charge on any atom is -0.464 e. The summed E-state index contributed by atoms with van der Waals surface area (Å²) in [6.45, 7) is 1.42. The number of carbonyl (C=O) groups excluding carboxylic acids is 2. The average Bonchev–Trinajstić information content (AvgIpc) is 2.71. The molecular formula is C12H11FINO4. The zero-order valence-corrected chi connectivity index (χ0v) is 12.2. The fraction of sp³-hybridized carbons (Fsp3) is 0.333. The Morgan fingerprint density at radius 3 is 3.00 bits per heavy atom. The minimum atomic E-state index is -0.572.